The van der Waals surface area contributed by atoms with Crippen LogP contribution in [0.4, 0.5) is 27.8 Å². The van der Waals surface area contributed by atoms with Crippen LogP contribution in [0.5, 0.6) is 0 Å². The summed E-state index contributed by atoms with van der Waals surface area (Å²) in [7, 11) is -5.71. The summed E-state index contributed by atoms with van der Waals surface area (Å²) in [6.45, 7) is 6.98. The van der Waals surface area contributed by atoms with Gasteiger partial charge >= 0.3 is 0 Å². The molecule has 5 heterocycles. The van der Waals surface area contributed by atoms with Crippen LogP contribution in [0, 0.1) is 5.92 Å². The van der Waals surface area contributed by atoms with Crippen molar-refractivity contribution in [2.24, 2.45) is 5.92 Å². The fourth-order valence-corrected chi connectivity index (χ4v) is 6.30. The fraction of sp³-hybridized carbons (Fsp3) is 0.600. The molecule has 4 atom stereocenters. The third kappa shape index (κ3) is 5.26. The van der Waals surface area contributed by atoms with Crippen molar-refractivity contribution in [1.82, 2.24) is 24.7 Å². The molecule has 0 saturated carbocycles. The first-order valence-corrected chi connectivity index (χ1v) is 14.7. The van der Waals surface area contributed by atoms with Gasteiger partial charge in [-0.25, -0.2) is 22.8 Å². The second kappa shape index (κ2) is 10.3. The predicted octanol–water partition coefficient (Wildman–Crippen LogP) is 2.98. The van der Waals surface area contributed by atoms with Crippen LogP contribution in [0.15, 0.2) is 24.5 Å². The number of halogens is 1. The number of nitrogens with zero attached hydrogens (tertiary/aromatic N) is 7. The van der Waals surface area contributed by atoms with E-state index >= 15 is 0 Å². The summed E-state index contributed by atoms with van der Waals surface area (Å²) in [5.41, 5.74) is 0.872. The van der Waals surface area contributed by atoms with Crippen molar-refractivity contribution in [3.63, 3.8) is 0 Å². The van der Waals surface area contributed by atoms with Gasteiger partial charge < -0.3 is 19.9 Å². The summed E-state index contributed by atoms with van der Waals surface area (Å²) < 4.78 is 66.8. The lowest BCUT2D eigenvalue weighted by Crippen LogP contribution is -2.57. The van der Waals surface area contributed by atoms with E-state index in [1.807, 2.05) is 31.5 Å². The Labute approximate surface area is 226 Å². The van der Waals surface area contributed by atoms with Crippen molar-refractivity contribution in [2.75, 3.05) is 53.8 Å². The van der Waals surface area contributed by atoms with Crippen LogP contribution in [0.25, 0.3) is 10.9 Å². The number of anilines is 4. The van der Waals surface area contributed by atoms with Crippen molar-refractivity contribution in [3.05, 3.63) is 24.5 Å². The molecular weight excluding hydrogens is 511 g/mol. The van der Waals surface area contributed by atoms with E-state index < -0.39 is 29.2 Å². The first-order chi connectivity index (χ1) is 19.2. The van der Waals surface area contributed by atoms with Crippen molar-refractivity contribution in [2.45, 2.75) is 51.6 Å². The van der Waals surface area contributed by atoms with Gasteiger partial charge in [0.25, 0.3) is 0 Å². The van der Waals surface area contributed by atoms with Crippen molar-refractivity contribution in [3.8, 4) is 0 Å². The highest BCUT2D eigenvalue weighted by molar-refractivity contribution is 7.90. The van der Waals surface area contributed by atoms with Crippen LogP contribution < -0.4 is 15.1 Å². The second-order valence-corrected chi connectivity index (χ2v) is 12.7. The third-order valence-electron chi connectivity index (χ3n) is 7.27. The second-order valence-electron chi connectivity index (χ2n) is 10.5. The maximum atomic E-state index is 14.7. The maximum absolute atomic E-state index is 14.7. The normalized spacial score (nSPS) is 25.7. The van der Waals surface area contributed by atoms with Gasteiger partial charge in [-0.15, -0.1) is 0 Å². The van der Waals surface area contributed by atoms with Gasteiger partial charge in [-0.2, -0.15) is 10.1 Å². The summed E-state index contributed by atoms with van der Waals surface area (Å²) in [6.07, 6.45) is 2.29. The molecule has 3 aromatic heterocycles. The summed E-state index contributed by atoms with van der Waals surface area (Å²) in [5, 5.41) is 8.93. The number of aromatic nitrogens is 5. The SMILES string of the molecule is [2H]C([2H])([2H])O[C@@H]1CCN(c2nccc(Nc3cc4c(cn3)c(N3C[C@H](CS(C)(=O)=O)[C@H]3C)nn4C(C)C)n2)C[C@@H]1F. The molecule has 1 N–H and O–H groups in total. The topological polar surface area (TPSA) is 118 Å². The molecule has 5 rings (SSSR count). The maximum Gasteiger partial charge on any atom is 0.227 e. The van der Waals surface area contributed by atoms with E-state index in [1.54, 1.807) is 23.4 Å². The Hall–Kier alpha value is -3.06. The third-order valence-corrected chi connectivity index (χ3v) is 8.30. The fourth-order valence-electron chi connectivity index (χ4n) is 5.14. The van der Waals surface area contributed by atoms with E-state index in [1.165, 1.54) is 6.26 Å². The van der Waals surface area contributed by atoms with Crippen LogP contribution >= 0.6 is 0 Å². The Kier molecular flexibility index (Phi) is 6.17. The van der Waals surface area contributed by atoms with Crippen LogP contribution in [-0.4, -0.2) is 90.1 Å². The van der Waals surface area contributed by atoms with E-state index in [0.717, 1.165) is 16.7 Å². The molecule has 0 amide bonds. The molecule has 13 heteroatoms. The molecule has 0 aliphatic carbocycles. The van der Waals surface area contributed by atoms with Crippen LogP contribution in [0.1, 0.15) is 37.3 Å². The molecule has 2 aliphatic heterocycles. The van der Waals surface area contributed by atoms with Crippen molar-refractivity contribution in [1.29, 1.82) is 0 Å². The van der Waals surface area contributed by atoms with Gasteiger partial charge in [-0.3, -0.25) is 4.68 Å². The zero-order valence-corrected chi connectivity index (χ0v) is 22.7. The van der Waals surface area contributed by atoms with Gasteiger partial charge in [0.15, 0.2) is 5.82 Å². The monoisotopic (exact) mass is 549 g/mol. The zero-order valence-electron chi connectivity index (χ0n) is 24.9. The van der Waals surface area contributed by atoms with Gasteiger partial charge in [-0.1, -0.05) is 0 Å². The largest absolute Gasteiger partial charge is 0.378 e. The number of rotatable bonds is 8. The number of pyridine rings is 1. The Balaban J connectivity index is 1.33. The highest BCUT2D eigenvalue weighted by Crippen LogP contribution is 2.37. The Morgan fingerprint density at radius 1 is 1.29 bits per heavy atom. The molecule has 2 aliphatic rings. The highest BCUT2D eigenvalue weighted by atomic mass is 32.2. The van der Waals surface area contributed by atoms with Crippen LogP contribution in [0.2, 0.25) is 0 Å². The van der Waals surface area contributed by atoms with Gasteiger partial charge in [0.05, 0.1) is 33.4 Å². The van der Waals surface area contributed by atoms with Crippen molar-refractivity contribution >= 4 is 44.1 Å². The summed E-state index contributed by atoms with van der Waals surface area (Å²) in [6, 6.07) is 3.68. The predicted molar refractivity (Wildman–Crippen MR) is 146 cm³/mol. The summed E-state index contributed by atoms with van der Waals surface area (Å²) in [5.74, 6) is 2.31. The van der Waals surface area contributed by atoms with Gasteiger partial charge in [0.1, 0.15) is 27.6 Å². The van der Waals surface area contributed by atoms with Crippen molar-refractivity contribution < 1.29 is 21.7 Å². The standard InChI is InChI=1S/C25H35FN8O3S/c1-15(2)34-20-10-23(28-11-18(20)24(31-34)33-12-17(16(33)3)14-38(5,35)36)29-22-6-8-27-25(30-22)32-9-7-21(37-4)19(26)13-32/h6,8,10-11,15-17,19,21H,7,9,12-14H2,1-5H3,(H,27,28,29,30)/t16-,17-,19+,21-/m1/s1/i4D3. The quantitative estimate of drug-likeness (QED) is 0.449. The number of piperidine rings is 1. The molecule has 0 bridgehead atoms. The molecule has 38 heavy (non-hydrogen) atoms. The molecule has 0 aromatic carbocycles. The lowest BCUT2D eigenvalue weighted by atomic mass is 9.91. The van der Waals surface area contributed by atoms with E-state index in [-0.39, 0.29) is 36.7 Å². The van der Waals surface area contributed by atoms with Crippen LogP contribution in [-0.2, 0) is 14.6 Å². The average molecular weight is 550 g/mol. The number of ether oxygens (including phenoxy) is 1. The molecule has 0 spiro atoms. The molecule has 0 radical (unpaired) electrons. The van der Waals surface area contributed by atoms with Gasteiger partial charge in [-0.05, 0) is 33.3 Å². The number of methoxy groups -OCH3 is 1. The van der Waals surface area contributed by atoms with E-state index in [2.05, 4.69) is 25.2 Å². The molecule has 2 fully saturated rings. The molecule has 0 unspecified atom stereocenters. The van der Waals surface area contributed by atoms with E-state index in [0.29, 0.717) is 30.7 Å². The Bertz CT molecular complexity index is 1520. The molecule has 2 saturated heterocycles. The Morgan fingerprint density at radius 2 is 2.11 bits per heavy atom. The van der Waals surface area contributed by atoms with Crippen LogP contribution in [0.3, 0.4) is 0 Å². The van der Waals surface area contributed by atoms with E-state index in [9.17, 15) is 12.8 Å². The lowest BCUT2D eigenvalue weighted by Gasteiger charge is -2.46. The minimum atomic E-state index is -3.06. The zero-order chi connectivity index (χ0) is 29.7. The number of nitrogens with one attached hydrogen (secondary N) is 1. The minimum Gasteiger partial charge on any atom is -0.378 e. The Morgan fingerprint density at radius 3 is 2.79 bits per heavy atom. The highest BCUT2D eigenvalue weighted by Gasteiger charge is 2.39. The molecule has 3 aromatic rings. The number of alkyl halides is 1. The smallest absolute Gasteiger partial charge is 0.227 e. The molecular formula is C25H35FN8O3S. The van der Waals surface area contributed by atoms with E-state index in [4.69, 9.17) is 13.9 Å². The number of hydrogen-bond acceptors (Lipinski definition) is 10. The summed E-state index contributed by atoms with van der Waals surface area (Å²) in [4.78, 5) is 17.2. The number of hydrogen-bond donors (Lipinski definition) is 1. The minimum absolute atomic E-state index is 0.0367. The number of sulfone groups is 1. The lowest BCUT2D eigenvalue weighted by molar-refractivity contribution is 0.0194. The van der Waals surface area contributed by atoms with Gasteiger partial charge in [0, 0.05) is 62.8 Å². The average Bonchev–Trinajstić information content (AvgIpc) is 3.24. The first-order valence-electron chi connectivity index (χ1n) is 14.2. The molecule has 206 valence electrons. The van der Waals surface area contributed by atoms with Gasteiger partial charge in [0.2, 0.25) is 5.95 Å². The molecule has 11 nitrogen and oxygen atoms in total. The number of fused-ring (bicyclic) bond motifs is 1. The summed E-state index contributed by atoms with van der Waals surface area (Å²) >= 11 is 0. The first kappa shape index (κ1) is 22.9.